The molecule has 136 valence electrons. The standard InChI is InChI=1S/C12H13F3O8S/c13-12(14,15)5(2-24(19,20)21)22-10(17)6-3-1-4-7(6)11(18)23-9(4)8(3)16/h3-9,16H,1-2H2,(H,19,20,21). The number of hydrogen-bond donors (Lipinski definition) is 2. The molecule has 0 radical (unpaired) electrons. The molecule has 24 heavy (non-hydrogen) atoms. The Morgan fingerprint density at radius 2 is 2.00 bits per heavy atom. The third-order valence-electron chi connectivity index (χ3n) is 4.83. The van der Waals surface area contributed by atoms with Crippen LogP contribution >= 0.6 is 0 Å². The summed E-state index contributed by atoms with van der Waals surface area (Å²) in [6.07, 6.45) is -10.0. The Morgan fingerprint density at radius 1 is 1.38 bits per heavy atom. The van der Waals surface area contributed by atoms with Crippen molar-refractivity contribution >= 4 is 22.1 Å². The molecular formula is C12H13F3O8S. The molecule has 0 spiro atoms. The zero-order valence-electron chi connectivity index (χ0n) is 11.8. The highest BCUT2D eigenvalue weighted by Crippen LogP contribution is 2.58. The van der Waals surface area contributed by atoms with Crippen LogP contribution in [0.25, 0.3) is 0 Å². The first kappa shape index (κ1) is 17.4. The number of esters is 2. The van der Waals surface area contributed by atoms with Crippen molar-refractivity contribution in [1.82, 2.24) is 0 Å². The third-order valence-corrected chi connectivity index (χ3v) is 5.56. The average Bonchev–Trinajstić information content (AvgIpc) is 2.99. The van der Waals surface area contributed by atoms with Crippen LogP contribution in [0.1, 0.15) is 6.42 Å². The fraction of sp³-hybridized carbons (Fsp3) is 0.833. The number of carbonyl (C=O) groups is 2. The summed E-state index contributed by atoms with van der Waals surface area (Å²) in [4.78, 5) is 23.9. The number of alkyl halides is 3. The van der Waals surface area contributed by atoms with E-state index in [1.165, 1.54) is 0 Å². The van der Waals surface area contributed by atoms with Crippen LogP contribution in [0.15, 0.2) is 0 Å². The summed E-state index contributed by atoms with van der Waals surface area (Å²) in [5.74, 6) is -7.66. The molecule has 2 bridgehead atoms. The van der Waals surface area contributed by atoms with Crippen molar-refractivity contribution in [2.45, 2.75) is 30.9 Å². The largest absolute Gasteiger partial charge is 0.459 e. The van der Waals surface area contributed by atoms with Gasteiger partial charge in [-0.05, 0) is 6.42 Å². The molecule has 7 unspecified atom stereocenters. The first-order valence-electron chi connectivity index (χ1n) is 7.01. The number of halogens is 3. The molecule has 0 aromatic rings. The van der Waals surface area contributed by atoms with Crippen LogP contribution in [0.2, 0.25) is 0 Å². The topological polar surface area (TPSA) is 127 Å². The molecule has 2 N–H and O–H groups in total. The second-order valence-corrected chi connectivity index (χ2v) is 7.72. The van der Waals surface area contributed by atoms with Gasteiger partial charge in [0.1, 0.15) is 11.9 Å². The lowest BCUT2D eigenvalue weighted by atomic mass is 9.78. The smallest absolute Gasteiger partial charge is 0.426 e. The van der Waals surface area contributed by atoms with Crippen LogP contribution in [0.3, 0.4) is 0 Å². The van der Waals surface area contributed by atoms with Crippen LogP contribution in [0.5, 0.6) is 0 Å². The van der Waals surface area contributed by atoms with Gasteiger partial charge in [-0.15, -0.1) is 0 Å². The van der Waals surface area contributed by atoms with E-state index >= 15 is 0 Å². The summed E-state index contributed by atoms with van der Waals surface area (Å²) in [5, 5.41) is 9.98. The Balaban J connectivity index is 1.80. The average molecular weight is 374 g/mol. The summed E-state index contributed by atoms with van der Waals surface area (Å²) < 4.78 is 77.7. The molecule has 3 aliphatic rings. The maximum Gasteiger partial charge on any atom is 0.426 e. The number of rotatable bonds is 4. The molecule has 12 heteroatoms. The molecule has 8 nitrogen and oxygen atoms in total. The van der Waals surface area contributed by atoms with E-state index in [1.807, 2.05) is 0 Å². The van der Waals surface area contributed by atoms with Crippen molar-refractivity contribution in [3.05, 3.63) is 0 Å². The lowest BCUT2D eigenvalue weighted by molar-refractivity contribution is -0.219. The van der Waals surface area contributed by atoms with Gasteiger partial charge in [0, 0.05) is 11.8 Å². The molecule has 0 amide bonds. The fourth-order valence-electron chi connectivity index (χ4n) is 3.95. The van der Waals surface area contributed by atoms with E-state index in [0.29, 0.717) is 0 Å². The Bertz CT molecular complexity index is 674. The van der Waals surface area contributed by atoms with Gasteiger partial charge >= 0.3 is 18.1 Å². The first-order valence-corrected chi connectivity index (χ1v) is 8.62. The molecule has 3 fully saturated rings. The van der Waals surface area contributed by atoms with Gasteiger partial charge in [0.15, 0.2) is 0 Å². The van der Waals surface area contributed by atoms with Gasteiger partial charge < -0.3 is 14.6 Å². The van der Waals surface area contributed by atoms with Gasteiger partial charge in [0.2, 0.25) is 6.10 Å². The molecule has 3 rings (SSSR count). The summed E-state index contributed by atoms with van der Waals surface area (Å²) >= 11 is 0. The lowest BCUT2D eigenvalue weighted by Gasteiger charge is -2.29. The maximum atomic E-state index is 12.8. The van der Waals surface area contributed by atoms with Gasteiger partial charge in [-0.2, -0.15) is 21.6 Å². The molecule has 7 atom stereocenters. The van der Waals surface area contributed by atoms with Crippen LogP contribution < -0.4 is 0 Å². The highest BCUT2D eigenvalue weighted by Gasteiger charge is 2.69. The second-order valence-electron chi connectivity index (χ2n) is 6.22. The van der Waals surface area contributed by atoms with Crippen LogP contribution in [-0.4, -0.2) is 60.3 Å². The molecule has 1 heterocycles. The molecule has 2 saturated carbocycles. The summed E-state index contributed by atoms with van der Waals surface area (Å²) in [7, 11) is -5.06. The van der Waals surface area contributed by atoms with Crippen molar-refractivity contribution in [2.75, 3.05) is 5.75 Å². The number of aliphatic hydroxyl groups excluding tert-OH is 1. The third kappa shape index (κ3) is 2.75. The van der Waals surface area contributed by atoms with E-state index in [4.69, 9.17) is 9.29 Å². The maximum absolute atomic E-state index is 12.8. The predicted octanol–water partition coefficient (Wildman–Crippen LogP) is -0.483. The Kier molecular flexibility index (Phi) is 3.85. The van der Waals surface area contributed by atoms with E-state index in [-0.39, 0.29) is 6.42 Å². The van der Waals surface area contributed by atoms with Crippen molar-refractivity contribution in [1.29, 1.82) is 0 Å². The van der Waals surface area contributed by atoms with Gasteiger partial charge in [-0.25, -0.2) is 0 Å². The van der Waals surface area contributed by atoms with E-state index in [1.54, 1.807) is 0 Å². The zero-order chi connectivity index (χ0) is 18.0. The minimum atomic E-state index is -5.22. The molecule has 2 aliphatic carbocycles. The fourth-order valence-corrected chi connectivity index (χ4v) is 4.58. The second kappa shape index (κ2) is 5.30. The first-order chi connectivity index (χ1) is 10.9. The molecule has 0 aromatic carbocycles. The number of carbonyl (C=O) groups excluding carboxylic acids is 2. The van der Waals surface area contributed by atoms with Crippen molar-refractivity contribution in [2.24, 2.45) is 23.7 Å². The highest BCUT2D eigenvalue weighted by atomic mass is 32.2. The normalized spacial score (nSPS) is 39.0. The summed E-state index contributed by atoms with van der Waals surface area (Å²) in [6, 6.07) is 0. The minimum absolute atomic E-state index is 0.233. The van der Waals surface area contributed by atoms with Crippen LogP contribution in [0, 0.1) is 23.7 Å². The van der Waals surface area contributed by atoms with Gasteiger partial charge in [-0.1, -0.05) is 0 Å². The van der Waals surface area contributed by atoms with E-state index < -0.39 is 76.0 Å². The van der Waals surface area contributed by atoms with Crippen LogP contribution in [-0.2, 0) is 29.2 Å². The summed E-state index contributed by atoms with van der Waals surface area (Å²) in [6.45, 7) is 0. The van der Waals surface area contributed by atoms with Gasteiger partial charge in [0.25, 0.3) is 10.1 Å². The lowest BCUT2D eigenvalue weighted by Crippen LogP contribution is -2.45. The van der Waals surface area contributed by atoms with E-state index in [0.717, 1.165) is 0 Å². The predicted molar refractivity (Wildman–Crippen MR) is 66.8 cm³/mol. The van der Waals surface area contributed by atoms with Gasteiger partial charge in [0.05, 0.1) is 17.9 Å². The van der Waals surface area contributed by atoms with Crippen molar-refractivity contribution < 1.29 is 50.3 Å². The van der Waals surface area contributed by atoms with E-state index in [2.05, 4.69) is 4.74 Å². The molecule has 1 aliphatic heterocycles. The van der Waals surface area contributed by atoms with Crippen molar-refractivity contribution in [3.63, 3.8) is 0 Å². The zero-order valence-corrected chi connectivity index (χ0v) is 12.7. The molecule has 1 saturated heterocycles. The number of hydrogen-bond acceptors (Lipinski definition) is 7. The Labute approximate surface area is 133 Å². The Morgan fingerprint density at radius 3 is 2.54 bits per heavy atom. The number of ether oxygens (including phenoxy) is 2. The Hall–Kier alpha value is -1.40. The van der Waals surface area contributed by atoms with E-state index in [9.17, 15) is 36.3 Å². The summed E-state index contributed by atoms with van der Waals surface area (Å²) in [5.41, 5.74) is 0. The highest BCUT2D eigenvalue weighted by molar-refractivity contribution is 7.85. The number of aliphatic hydroxyl groups is 1. The van der Waals surface area contributed by atoms with Crippen LogP contribution in [0.4, 0.5) is 13.2 Å². The minimum Gasteiger partial charge on any atom is -0.459 e. The monoisotopic (exact) mass is 374 g/mol. The molecule has 0 aromatic heterocycles. The van der Waals surface area contributed by atoms with Gasteiger partial charge in [-0.3, -0.25) is 14.1 Å². The molecular weight excluding hydrogens is 361 g/mol. The quantitative estimate of drug-likeness (QED) is 0.499. The van der Waals surface area contributed by atoms with Crippen molar-refractivity contribution in [3.8, 4) is 0 Å². The SMILES string of the molecule is O=C(OC(CS(=O)(=O)O)C(F)(F)F)C1C2CC3C(OC(=O)C31)C2O. The number of fused-ring (bicyclic) bond motifs is 1.